The summed E-state index contributed by atoms with van der Waals surface area (Å²) in [5, 5.41) is 0.668. The molecule has 2 heterocycles. The number of fused-ring (bicyclic) bond motifs is 1. The Kier molecular flexibility index (Phi) is 4.86. The van der Waals surface area contributed by atoms with Crippen molar-refractivity contribution in [1.82, 2.24) is 4.90 Å². The van der Waals surface area contributed by atoms with Crippen LogP contribution in [-0.2, 0) is 16.0 Å². The second kappa shape index (κ2) is 6.84. The van der Waals surface area contributed by atoms with Crippen LogP contribution >= 0.6 is 11.8 Å². The van der Waals surface area contributed by atoms with Gasteiger partial charge in [-0.3, -0.25) is 4.79 Å². The van der Waals surface area contributed by atoms with Gasteiger partial charge in [-0.1, -0.05) is 18.2 Å². The van der Waals surface area contributed by atoms with Gasteiger partial charge in [0.1, 0.15) is 0 Å². The van der Waals surface area contributed by atoms with Crippen molar-refractivity contribution < 1.29 is 9.53 Å². The van der Waals surface area contributed by atoms with Crippen LogP contribution in [0.2, 0.25) is 0 Å². The highest BCUT2D eigenvalue weighted by atomic mass is 32.2. The zero-order chi connectivity index (χ0) is 14.7. The van der Waals surface area contributed by atoms with Crippen molar-refractivity contribution in [1.29, 1.82) is 0 Å². The number of esters is 1. The number of thioether (sulfide) groups is 1. The molecule has 0 spiro atoms. The van der Waals surface area contributed by atoms with Gasteiger partial charge in [-0.25, -0.2) is 0 Å². The van der Waals surface area contributed by atoms with Gasteiger partial charge in [0.15, 0.2) is 0 Å². The summed E-state index contributed by atoms with van der Waals surface area (Å²) in [6.45, 7) is 5.56. The summed E-state index contributed by atoms with van der Waals surface area (Å²) in [7, 11) is 0. The van der Waals surface area contributed by atoms with Gasteiger partial charge in [0, 0.05) is 16.7 Å². The van der Waals surface area contributed by atoms with Crippen LogP contribution in [0.4, 0.5) is 0 Å². The van der Waals surface area contributed by atoms with Crippen molar-refractivity contribution in [2.45, 2.75) is 36.3 Å². The Hall–Kier alpha value is -1.00. The van der Waals surface area contributed by atoms with Crippen LogP contribution in [0.1, 0.15) is 25.3 Å². The third kappa shape index (κ3) is 3.61. The second-order valence-corrected chi connectivity index (χ2v) is 7.22. The van der Waals surface area contributed by atoms with Gasteiger partial charge in [0.2, 0.25) is 0 Å². The number of rotatable bonds is 4. The van der Waals surface area contributed by atoms with Gasteiger partial charge >= 0.3 is 5.97 Å². The molecular weight excluding hydrogens is 282 g/mol. The molecule has 1 saturated heterocycles. The maximum atomic E-state index is 11.8. The highest BCUT2D eigenvalue weighted by molar-refractivity contribution is 8.00. The van der Waals surface area contributed by atoms with Crippen LogP contribution in [0.5, 0.6) is 0 Å². The number of ether oxygens (including phenoxy) is 1. The molecule has 1 aromatic carbocycles. The highest BCUT2D eigenvalue weighted by Crippen LogP contribution is 2.37. The Labute approximate surface area is 131 Å². The number of hydrogen-bond acceptors (Lipinski definition) is 4. The zero-order valence-corrected chi connectivity index (χ0v) is 13.4. The summed E-state index contributed by atoms with van der Waals surface area (Å²) in [6, 6.07) is 8.73. The number of carbonyl (C=O) groups is 1. The summed E-state index contributed by atoms with van der Waals surface area (Å²) in [6.07, 6.45) is 3.07. The molecule has 1 fully saturated rings. The van der Waals surface area contributed by atoms with Crippen molar-refractivity contribution in [2.75, 3.05) is 26.2 Å². The fourth-order valence-corrected chi connectivity index (χ4v) is 4.62. The summed E-state index contributed by atoms with van der Waals surface area (Å²) in [5.41, 5.74) is 1.49. The molecule has 0 amide bonds. The maximum absolute atomic E-state index is 11.8. The predicted octanol–water partition coefficient (Wildman–Crippen LogP) is 2.98. The molecule has 0 N–H and O–H groups in total. The number of nitrogens with zero attached hydrogens (tertiary/aromatic N) is 1. The standard InChI is InChI=1S/C17H23NO2S/c1-2-20-17(19)13-7-9-18(10-8-13)12-15-11-14-5-3-4-6-16(14)21-15/h3-6,13,15H,2,7-12H2,1H3. The Bertz CT molecular complexity index is 472. The van der Waals surface area contributed by atoms with E-state index in [1.54, 1.807) is 0 Å². The van der Waals surface area contributed by atoms with Crippen molar-refractivity contribution in [2.24, 2.45) is 5.92 Å². The van der Waals surface area contributed by atoms with Crippen LogP contribution < -0.4 is 0 Å². The van der Waals surface area contributed by atoms with Crippen molar-refractivity contribution >= 4 is 17.7 Å². The Morgan fingerprint density at radius 2 is 2.10 bits per heavy atom. The van der Waals surface area contributed by atoms with E-state index in [0.717, 1.165) is 32.5 Å². The van der Waals surface area contributed by atoms with Gasteiger partial charge in [-0.05, 0) is 50.9 Å². The molecular formula is C17H23NO2S. The fraction of sp³-hybridized carbons (Fsp3) is 0.588. The van der Waals surface area contributed by atoms with E-state index < -0.39 is 0 Å². The van der Waals surface area contributed by atoms with Gasteiger partial charge in [0.05, 0.1) is 12.5 Å². The molecule has 3 nitrogen and oxygen atoms in total. The zero-order valence-electron chi connectivity index (χ0n) is 12.6. The lowest BCUT2D eigenvalue weighted by atomic mass is 9.96. The molecule has 0 radical (unpaired) electrons. The van der Waals surface area contributed by atoms with E-state index in [4.69, 9.17) is 4.74 Å². The maximum Gasteiger partial charge on any atom is 0.309 e. The van der Waals surface area contributed by atoms with Crippen molar-refractivity contribution in [3.8, 4) is 0 Å². The van der Waals surface area contributed by atoms with E-state index in [9.17, 15) is 4.79 Å². The molecule has 3 rings (SSSR count). The molecule has 21 heavy (non-hydrogen) atoms. The molecule has 2 aliphatic rings. The average Bonchev–Trinajstić information content (AvgIpc) is 2.90. The Balaban J connectivity index is 1.46. The van der Waals surface area contributed by atoms with E-state index in [1.165, 1.54) is 16.9 Å². The molecule has 2 aliphatic heterocycles. The van der Waals surface area contributed by atoms with Crippen LogP contribution in [0, 0.1) is 5.92 Å². The minimum absolute atomic E-state index is 0.000188. The summed E-state index contributed by atoms with van der Waals surface area (Å²) >= 11 is 2.01. The third-order valence-corrected chi connectivity index (χ3v) is 5.68. The van der Waals surface area contributed by atoms with E-state index in [0.29, 0.717) is 11.9 Å². The minimum atomic E-state index is -0.000188. The Morgan fingerprint density at radius 3 is 2.81 bits per heavy atom. The first kappa shape index (κ1) is 14.9. The van der Waals surface area contributed by atoms with Crippen molar-refractivity contribution in [3.05, 3.63) is 29.8 Å². The Morgan fingerprint density at radius 1 is 1.33 bits per heavy atom. The van der Waals surface area contributed by atoms with Crippen LogP contribution in [0.3, 0.4) is 0 Å². The van der Waals surface area contributed by atoms with E-state index in [1.807, 2.05) is 18.7 Å². The molecule has 0 saturated carbocycles. The van der Waals surface area contributed by atoms with Crippen LogP contribution in [0.15, 0.2) is 29.2 Å². The molecule has 0 bridgehead atoms. The van der Waals surface area contributed by atoms with Crippen molar-refractivity contribution in [3.63, 3.8) is 0 Å². The minimum Gasteiger partial charge on any atom is -0.466 e. The first-order valence-electron chi connectivity index (χ1n) is 7.90. The number of piperidine rings is 1. The smallest absolute Gasteiger partial charge is 0.309 e. The first-order valence-corrected chi connectivity index (χ1v) is 8.77. The van der Waals surface area contributed by atoms with Gasteiger partial charge in [-0.2, -0.15) is 0 Å². The first-order chi connectivity index (χ1) is 10.3. The van der Waals surface area contributed by atoms with Gasteiger partial charge < -0.3 is 9.64 Å². The van der Waals surface area contributed by atoms with E-state index >= 15 is 0 Å². The SMILES string of the molecule is CCOC(=O)C1CCN(CC2Cc3ccccc3S2)CC1. The fourth-order valence-electron chi connectivity index (χ4n) is 3.26. The van der Waals surface area contributed by atoms with E-state index in [2.05, 4.69) is 29.2 Å². The predicted molar refractivity (Wildman–Crippen MR) is 85.6 cm³/mol. The summed E-state index contributed by atoms with van der Waals surface area (Å²) in [4.78, 5) is 15.7. The van der Waals surface area contributed by atoms with Crippen LogP contribution in [0.25, 0.3) is 0 Å². The molecule has 0 aromatic heterocycles. The number of benzene rings is 1. The van der Waals surface area contributed by atoms with E-state index in [-0.39, 0.29) is 11.9 Å². The largest absolute Gasteiger partial charge is 0.466 e. The molecule has 1 unspecified atom stereocenters. The average molecular weight is 305 g/mol. The molecule has 4 heteroatoms. The quantitative estimate of drug-likeness (QED) is 0.800. The number of carbonyl (C=O) groups excluding carboxylic acids is 1. The highest BCUT2D eigenvalue weighted by Gasteiger charge is 2.29. The van der Waals surface area contributed by atoms with Gasteiger partial charge in [-0.15, -0.1) is 11.8 Å². The molecule has 1 aromatic rings. The third-order valence-electron chi connectivity index (χ3n) is 4.38. The molecule has 0 aliphatic carbocycles. The second-order valence-electron chi connectivity index (χ2n) is 5.88. The lowest BCUT2D eigenvalue weighted by molar-refractivity contribution is -0.149. The lowest BCUT2D eigenvalue weighted by Gasteiger charge is -2.32. The monoisotopic (exact) mass is 305 g/mol. The molecule has 114 valence electrons. The summed E-state index contributed by atoms with van der Waals surface area (Å²) in [5.74, 6) is 0.120. The molecule has 1 atom stereocenters. The topological polar surface area (TPSA) is 29.5 Å². The normalized spacial score (nSPS) is 23.0. The lowest BCUT2D eigenvalue weighted by Crippen LogP contribution is -2.40. The number of hydrogen-bond donors (Lipinski definition) is 0. The number of likely N-dealkylation sites (tertiary alicyclic amines) is 1. The van der Waals surface area contributed by atoms with Gasteiger partial charge in [0.25, 0.3) is 0 Å². The van der Waals surface area contributed by atoms with Crippen LogP contribution in [-0.4, -0.2) is 42.4 Å². The summed E-state index contributed by atoms with van der Waals surface area (Å²) < 4.78 is 5.13.